The van der Waals surface area contributed by atoms with E-state index in [1.165, 1.54) is 7.11 Å². The molecule has 1 fully saturated rings. The third kappa shape index (κ3) is 2.09. The van der Waals surface area contributed by atoms with Gasteiger partial charge in [0.2, 0.25) is 0 Å². The molecule has 1 aliphatic carbocycles. The summed E-state index contributed by atoms with van der Waals surface area (Å²) in [7, 11) is 1.54. The zero-order valence-electron chi connectivity index (χ0n) is 10.0. The number of rotatable bonds is 3. The van der Waals surface area contributed by atoms with Gasteiger partial charge in [-0.05, 0) is 18.9 Å². The van der Waals surface area contributed by atoms with E-state index in [0.29, 0.717) is 17.3 Å². The summed E-state index contributed by atoms with van der Waals surface area (Å²) in [4.78, 5) is 0. The lowest BCUT2D eigenvalue weighted by molar-refractivity contribution is 0.389. The van der Waals surface area contributed by atoms with Gasteiger partial charge in [-0.2, -0.15) is 0 Å². The number of methoxy groups -OCH3 is 1. The molecular formula is C13H18ClNO2. The Labute approximate surface area is 107 Å². The fraction of sp³-hybridized carbons (Fsp3) is 0.538. The monoisotopic (exact) mass is 255 g/mol. The van der Waals surface area contributed by atoms with Crippen LogP contribution in [0.2, 0.25) is 5.02 Å². The van der Waals surface area contributed by atoms with Crippen LogP contribution in [0.1, 0.15) is 31.2 Å². The molecular weight excluding hydrogens is 238 g/mol. The molecule has 0 aromatic heterocycles. The van der Waals surface area contributed by atoms with Gasteiger partial charge in [-0.15, -0.1) is 0 Å². The molecule has 1 aliphatic rings. The molecule has 1 aromatic rings. The Hall–Kier alpha value is -0.930. The number of hydrogen-bond donors (Lipinski definition) is 2. The van der Waals surface area contributed by atoms with Gasteiger partial charge in [-0.3, -0.25) is 0 Å². The van der Waals surface area contributed by atoms with Crippen molar-refractivity contribution in [3.8, 4) is 11.5 Å². The predicted molar refractivity (Wildman–Crippen MR) is 68.9 cm³/mol. The third-order valence-corrected chi connectivity index (χ3v) is 4.09. The van der Waals surface area contributed by atoms with Crippen LogP contribution in [0, 0.1) is 0 Å². The molecule has 0 aliphatic heterocycles. The van der Waals surface area contributed by atoms with Crippen LogP contribution in [0.4, 0.5) is 0 Å². The molecule has 2 rings (SSSR count). The highest BCUT2D eigenvalue weighted by Crippen LogP contribution is 2.46. The van der Waals surface area contributed by atoms with Gasteiger partial charge < -0.3 is 15.6 Å². The quantitative estimate of drug-likeness (QED) is 0.873. The fourth-order valence-corrected chi connectivity index (χ4v) is 3.00. The topological polar surface area (TPSA) is 55.5 Å². The summed E-state index contributed by atoms with van der Waals surface area (Å²) in [5.41, 5.74) is 6.66. The Morgan fingerprint density at radius 2 is 2.06 bits per heavy atom. The van der Waals surface area contributed by atoms with Crippen molar-refractivity contribution in [2.24, 2.45) is 5.73 Å². The van der Waals surface area contributed by atoms with E-state index in [-0.39, 0.29) is 11.2 Å². The normalized spacial score (nSPS) is 18.3. The predicted octanol–water partition coefficient (Wildman–Crippen LogP) is 2.82. The van der Waals surface area contributed by atoms with Crippen LogP contribution in [0.3, 0.4) is 0 Å². The van der Waals surface area contributed by atoms with E-state index in [4.69, 9.17) is 22.1 Å². The molecule has 0 heterocycles. The minimum atomic E-state index is -0.111. The van der Waals surface area contributed by atoms with E-state index in [2.05, 4.69) is 0 Å². The maximum atomic E-state index is 10.1. The van der Waals surface area contributed by atoms with Crippen LogP contribution in [0.15, 0.2) is 12.1 Å². The van der Waals surface area contributed by atoms with Crippen LogP contribution in [0.5, 0.6) is 11.5 Å². The highest BCUT2D eigenvalue weighted by Gasteiger charge is 2.36. The van der Waals surface area contributed by atoms with Crippen molar-refractivity contribution in [1.29, 1.82) is 0 Å². The minimum Gasteiger partial charge on any atom is -0.508 e. The highest BCUT2D eigenvalue weighted by molar-refractivity contribution is 6.32. The number of aromatic hydroxyl groups is 1. The van der Waals surface area contributed by atoms with Gasteiger partial charge in [-0.1, -0.05) is 24.4 Å². The third-order valence-electron chi connectivity index (χ3n) is 3.79. The summed E-state index contributed by atoms with van der Waals surface area (Å²) in [5, 5.41) is 10.6. The lowest BCUT2D eigenvalue weighted by Crippen LogP contribution is -2.32. The first kappa shape index (κ1) is 12.5. The van der Waals surface area contributed by atoms with Gasteiger partial charge in [0.1, 0.15) is 11.5 Å². The molecule has 4 heteroatoms. The average Bonchev–Trinajstić information content (AvgIpc) is 2.81. The Kier molecular flexibility index (Phi) is 3.50. The number of benzene rings is 1. The molecule has 0 spiro atoms. The summed E-state index contributed by atoms with van der Waals surface area (Å²) in [6.07, 6.45) is 4.33. The largest absolute Gasteiger partial charge is 0.508 e. The van der Waals surface area contributed by atoms with Crippen molar-refractivity contribution < 1.29 is 9.84 Å². The summed E-state index contributed by atoms with van der Waals surface area (Å²) in [6.45, 7) is 0.545. The van der Waals surface area contributed by atoms with E-state index in [1.54, 1.807) is 12.1 Å². The van der Waals surface area contributed by atoms with Crippen LogP contribution in [0.25, 0.3) is 0 Å². The summed E-state index contributed by atoms with van der Waals surface area (Å²) >= 11 is 6.12. The number of ether oxygens (including phenoxy) is 1. The molecule has 0 radical (unpaired) electrons. The van der Waals surface area contributed by atoms with E-state index in [1.807, 2.05) is 0 Å². The first-order valence-corrected chi connectivity index (χ1v) is 6.28. The highest BCUT2D eigenvalue weighted by atomic mass is 35.5. The molecule has 3 nitrogen and oxygen atoms in total. The van der Waals surface area contributed by atoms with Gasteiger partial charge in [0.05, 0.1) is 12.1 Å². The summed E-state index contributed by atoms with van der Waals surface area (Å²) < 4.78 is 5.09. The molecule has 0 unspecified atom stereocenters. The number of hydrogen-bond acceptors (Lipinski definition) is 3. The number of halogens is 1. The molecule has 0 saturated heterocycles. The first-order valence-electron chi connectivity index (χ1n) is 5.90. The van der Waals surface area contributed by atoms with E-state index in [9.17, 15) is 5.11 Å². The SMILES string of the molecule is COc1cc(O)c(C2(CN)CCCC2)cc1Cl. The van der Waals surface area contributed by atoms with Crippen molar-refractivity contribution in [1.82, 2.24) is 0 Å². The van der Waals surface area contributed by atoms with Crippen LogP contribution in [-0.4, -0.2) is 18.8 Å². The minimum absolute atomic E-state index is 0.111. The zero-order chi connectivity index (χ0) is 12.5. The maximum Gasteiger partial charge on any atom is 0.141 e. The molecule has 0 bridgehead atoms. The molecule has 94 valence electrons. The number of phenols is 1. The van der Waals surface area contributed by atoms with Crippen molar-refractivity contribution >= 4 is 11.6 Å². The van der Waals surface area contributed by atoms with E-state index >= 15 is 0 Å². The Bertz CT molecular complexity index is 414. The lowest BCUT2D eigenvalue weighted by atomic mass is 9.78. The average molecular weight is 256 g/mol. The van der Waals surface area contributed by atoms with Crippen LogP contribution >= 0.6 is 11.6 Å². The molecule has 0 atom stereocenters. The van der Waals surface area contributed by atoms with Gasteiger partial charge in [0.15, 0.2) is 0 Å². The van der Waals surface area contributed by atoms with Crippen LogP contribution < -0.4 is 10.5 Å². The van der Waals surface area contributed by atoms with Gasteiger partial charge in [0, 0.05) is 23.6 Å². The lowest BCUT2D eigenvalue weighted by Gasteiger charge is -2.29. The smallest absolute Gasteiger partial charge is 0.141 e. The van der Waals surface area contributed by atoms with E-state index in [0.717, 1.165) is 31.2 Å². The first-order chi connectivity index (χ1) is 8.13. The second-order valence-electron chi connectivity index (χ2n) is 4.70. The van der Waals surface area contributed by atoms with Crippen molar-refractivity contribution in [3.63, 3.8) is 0 Å². The summed E-state index contributed by atoms with van der Waals surface area (Å²) in [5.74, 6) is 0.733. The molecule has 0 amide bonds. The molecule has 17 heavy (non-hydrogen) atoms. The maximum absolute atomic E-state index is 10.1. The fourth-order valence-electron chi connectivity index (χ4n) is 2.76. The van der Waals surface area contributed by atoms with E-state index < -0.39 is 0 Å². The van der Waals surface area contributed by atoms with Crippen molar-refractivity contribution in [3.05, 3.63) is 22.7 Å². The van der Waals surface area contributed by atoms with Crippen molar-refractivity contribution in [2.75, 3.05) is 13.7 Å². The van der Waals surface area contributed by atoms with Crippen LogP contribution in [-0.2, 0) is 5.41 Å². The second-order valence-corrected chi connectivity index (χ2v) is 5.10. The second kappa shape index (κ2) is 4.75. The van der Waals surface area contributed by atoms with Crippen molar-refractivity contribution in [2.45, 2.75) is 31.1 Å². The molecule has 1 aromatic carbocycles. The van der Waals surface area contributed by atoms with Gasteiger partial charge in [-0.25, -0.2) is 0 Å². The standard InChI is InChI=1S/C13H18ClNO2/c1-17-12-7-11(16)9(6-10(12)14)13(8-15)4-2-3-5-13/h6-7,16H,2-5,8,15H2,1H3. The Morgan fingerprint density at radius 3 is 2.59 bits per heavy atom. The summed E-state index contributed by atoms with van der Waals surface area (Å²) in [6, 6.07) is 3.38. The van der Waals surface area contributed by atoms with Gasteiger partial charge in [0.25, 0.3) is 0 Å². The zero-order valence-corrected chi connectivity index (χ0v) is 10.8. The Morgan fingerprint density at radius 1 is 1.41 bits per heavy atom. The Balaban J connectivity index is 2.47. The molecule has 1 saturated carbocycles. The number of phenolic OH excluding ortho intramolecular Hbond substituents is 1. The molecule has 3 N–H and O–H groups in total. The number of nitrogens with two attached hydrogens (primary N) is 1. The van der Waals surface area contributed by atoms with Gasteiger partial charge >= 0.3 is 0 Å².